The molecular formula is C12H10Cl2N4O. The first-order chi connectivity index (χ1) is 8.99. The van der Waals surface area contributed by atoms with Crippen LogP contribution in [-0.4, -0.2) is 15.9 Å². The van der Waals surface area contributed by atoms with E-state index in [1.165, 1.54) is 12.4 Å². The highest BCUT2D eigenvalue weighted by Crippen LogP contribution is 2.33. The van der Waals surface area contributed by atoms with Crippen molar-refractivity contribution in [2.45, 2.75) is 6.92 Å². The molecule has 0 radical (unpaired) electrons. The minimum absolute atomic E-state index is 0.0913. The second-order valence-electron chi connectivity index (χ2n) is 3.84. The van der Waals surface area contributed by atoms with Crippen LogP contribution in [0.3, 0.4) is 0 Å². The van der Waals surface area contributed by atoms with Gasteiger partial charge in [0.1, 0.15) is 11.5 Å². The fourth-order valence-electron chi connectivity index (χ4n) is 1.44. The third kappa shape index (κ3) is 2.94. The average Bonchev–Trinajstić information content (AvgIpc) is 2.39. The van der Waals surface area contributed by atoms with Gasteiger partial charge >= 0.3 is 0 Å². The minimum atomic E-state index is -0.478. The lowest BCUT2D eigenvalue weighted by Gasteiger charge is -2.10. The predicted octanol–water partition coefficient (Wildman–Crippen LogP) is 2.93. The molecule has 0 atom stereocenters. The van der Waals surface area contributed by atoms with Crippen molar-refractivity contribution in [3.8, 4) is 0 Å². The Morgan fingerprint density at radius 3 is 2.74 bits per heavy atom. The average molecular weight is 297 g/mol. The Bertz CT molecular complexity index is 646. The first-order valence-electron chi connectivity index (χ1n) is 5.32. The summed E-state index contributed by atoms with van der Waals surface area (Å²) in [6.07, 6.45) is 2.66. The maximum Gasteiger partial charge on any atom is 0.276 e. The Kier molecular flexibility index (Phi) is 3.87. The van der Waals surface area contributed by atoms with Gasteiger partial charge < -0.3 is 11.1 Å². The van der Waals surface area contributed by atoms with Crippen LogP contribution in [0.15, 0.2) is 24.5 Å². The molecule has 0 bridgehead atoms. The number of amides is 1. The zero-order valence-electron chi connectivity index (χ0n) is 9.95. The van der Waals surface area contributed by atoms with Crippen LogP contribution >= 0.6 is 23.2 Å². The molecule has 2 aromatic rings. The summed E-state index contributed by atoms with van der Waals surface area (Å²) in [6.45, 7) is 1.81. The number of halogens is 2. The molecular weight excluding hydrogens is 287 g/mol. The number of hydrogen-bond acceptors (Lipinski definition) is 4. The number of nitrogens with two attached hydrogens (primary N) is 1. The van der Waals surface area contributed by atoms with E-state index in [9.17, 15) is 4.79 Å². The van der Waals surface area contributed by atoms with Gasteiger partial charge in [-0.1, -0.05) is 29.3 Å². The Hall–Kier alpha value is -1.85. The lowest BCUT2D eigenvalue weighted by molar-refractivity contribution is 0.102. The summed E-state index contributed by atoms with van der Waals surface area (Å²) in [5.74, 6) is -0.316. The standard InChI is InChI=1S/C12H10Cl2N4O/c1-6-2-3-7(13)11(10(6)14)18-12(19)8-4-16-5-9(15)17-8/h2-5H,1H3,(H2,15,17)(H,18,19). The number of nitrogen functional groups attached to an aromatic ring is 1. The monoisotopic (exact) mass is 296 g/mol. The van der Waals surface area contributed by atoms with Crippen LogP contribution < -0.4 is 11.1 Å². The summed E-state index contributed by atoms with van der Waals surface area (Å²) in [5, 5.41) is 3.34. The molecule has 0 aliphatic rings. The molecule has 1 heterocycles. The molecule has 0 aliphatic carbocycles. The van der Waals surface area contributed by atoms with E-state index >= 15 is 0 Å². The number of aromatic nitrogens is 2. The quantitative estimate of drug-likeness (QED) is 0.893. The van der Waals surface area contributed by atoms with Gasteiger partial charge in [0, 0.05) is 0 Å². The van der Waals surface area contributed by atoms with E-state index in [4.69, 9.17) is 28.9 Å². The molecule has 7 heteroatoms. The van der Waals surface area contributed by atoms with Crippen molar-refractivity contribution in [3.05, 3.63) is 45.8 Å². The molecule has 2 rings (SSSR count). The summed E-state index contributed by atoms with van der Waals surface area (Å²) in [5.41, 5.74) is 6.71. The number of carbonyl (C=O) groups is 1. The van der Waals surface area contributed by atoms with E-state index in [1.54, 1.807) is 12.1 Å². The molecule has 1 amide bonds. The number of benzene rings is 1. The zero-order valence-corrected chi connectivity index (χ0v) is 11.5. The van der Waals surface area contributed by atoms with Crippen molar-refractivity contribution >= 4 is 40.6 Å². The maximum atomic E-state index is 12.0. The van der Waals surface area contributed by atoms with Gasteiger partial charge in [-0.2, -0.15) is 0 Å². The van der Waals surface area contributed by atoms with E-state index in [0.717, 1.165) is 5.56 Å². The molecule has 0 aliphatic heterocycles. The molecule has 3 N–H and O–H groups in total. The van der Waals surface area contributed by atoms with Crippen LogP contribution in [0.1, 0.15) is 16.1 Å². The highest BCUT2D eigenvalue weighted by molar-refractivity contribution is 6.40. The van der Waals surface area contributed by atoms with Crippen molar-refractivity contribution in [1.29, 1.82) is 0 Å². The first kappa shape index (κ1) is 13.6. The van der Waals surface area contributed by atoms with Gasteiger partial charge in [-0.25, -0.2) is 4.98 Å². The number of nitrogens with one attached hydrogen (secondary N) is 1. The van der Waals surface area contributed by atoms with Crippen LogP contribution in [0.2, 0.25) is 10.0 Å². The highest BCUT2D eigenvalue weighted by Gasteiger charge is 2.14. The molecule has 0 saturated carbocycles. The summed E-state index contributed by atoms with van der Waals surface area (Å²) >= 11 is 12.1. The van der Waals surface area contributed by atoms with E-state index in [2.05, 4.69) is 15.3 Å². The van der Waals surface area contributed by atoms with Gasteiger partial charge in [0.2, 0.25) is 0 Å². The molecule has 0 unspecified atom stereocenters. The van der Waals surface area contributed by atoms with E-state index < -0.39 is 5.91 Å². The summed E-state index contributed by atoms with van der Waals surface area (Å²) in [4.78, 5) is 19.7. The molecule has 0 spiro atoms. The smallest absolute Gasteiger partial charge is 0.276 e. The van der Waals surface area contributed by atoms with Crippen molar-refractivity contribution in [2.24, 2.45) is 0 Å². The van der Waals surface area contributed by atoms with Crippen molar-refractivity contribution in [3.63, 3.8) is 0 Å². The van der Waals surface area contributed by atoms with Crippen LogP contribution in [0.4, 0.5) is 11.5 Å². The van der Waals surface area contributed by atoms with Crippen LogP contribution in [0.5, 0.6) is 0 Å². The normalized spacial score (nSPS) is 10.3. The second kappa shape index (κ2) is 5.42. The zero-order chi connectivity index (χ0) is 14.0. The van der Waals surface area contributed by atoms with Crippen molar-refractivity contribution in [2.75, 3.05) is 11.1 Å². The van der Waals surface area contributed by atoms with Crippen LogP contribution in [0.25, 0.3) is 0 Å². The lowest BCUT2D eigenvalue weighted by atomic mass is 10.2. The van der Waals surface area contributed by atoms with Crippen LogP contribution in [-0.2, 0) is 0 Å². The molecule has 0 saturated heterocycles. The Morgan fingerprint density at radius 2 is 2.05 bits per heavy atom. The molecule has 19 heavy (non-hydrogen) atoms. The summed E-state index contributed by atoms with van der Waals surface area (Å²) < 4.78 is 0. The maximum absolute atomic E-state index is 12.0. The molecule has 1 aromatic carbocycles. The van der Waals surface area contributed by atoms with Crippen molar-refractivity contribution < 1.29 is 4.79 Å². The topological polar surface area (TPSA) is 80.9 Å². The SMILES string of the molecule is Cc1ccc(Cl)c(NC(=O)c2cncc(N)n2)c1Cl. The minimum Gasteiger partial charge on any atom is -0.382 e. The van der Waals surface area contributed by atoms with E-state index in [-0.39, 0.29) is 11.5 Å². The van der Waals surface area contributed by atoms with Crippen LogP contribution in [0, 0.1) is 6.92 Å². The number of aryl methyl sites for hydroxylation is 1. The molecule has 5 nitrogen and oxygen atoms in total. The Balaban J connectivity index is 2.32. The van der Waals surface area contributed by atoms with Gasteiger partial charge in [-0.3, -0.25) is 9.78 Å². The highest BCUT2D eigenvalue weighted by atomic mass is 35.5. The second-order valence-corrected chi connectivity index (χ2v) is 4.62. The number of hydrogen-bond donors (Lipinski definition) is 2. The third-order valence-corrected chi connectivity index (χ3v) is 3.21. The number of nitrogens with zero attached hydrogens (tertiary/aromatic N) is 2. The lowest BCUT2D eigenvalue weighted by Crippen LogP contribution is -2.15. The number of carbonyl (C=O) groups excluding carboxylic acids is 1. The molecule has 98 valence electrons. The van der Waals surface area contributed by atoms with Gasteiger partial charge in [-0.15, -0.1) is 0 Å². The Morgan fingerprint density at radius 1 is 1.32 bits per heavy atom. The van der Waals surface area contributed by atoms with E-state index in [0.29, 0.717) is 15.7 Å². The fraction of sp³-hybridized carbons (Fsp3) is 0.0833. The molecule has 1 aromatic heterocycles. The molecule has 0 fully saturated rings. The fourth-order valence-corrected chi connectivity index (χ4v) is 1.90. The van der Waals surface area contributed by atoms with Crippen molar-refractivity contribution in [1.82, 2.24) is 9.97 Å². The summed E-state index contributed by atoms with van der Waals surface area (Å²) in [6, 6.07) is 3.42. The summed E-state index contributed by atoms with van der Waals surface area (Å²) in [7, 11) is 0. The first-order valence-corrected chi connectivity index (χ1v) is 6.08. The number of rotatable bonds is 2. The van der Waals surface area contributed by atoms with Gasteiger partial charge in [0.15, 0.2) is 0 Å². The van der Waals surface area contributed by atoms with E-state index in [1.807, 2.05) is 6.92 Å². The largest absolute Gasteiger partial charge is 0.382 e. The predicted molar refractivity (Wildman–Crippen MR) is 75.6 cm³/mol. The Labute approximate surface area is 119 Å². The third-order valence-electron chi connectivity index (χ3n) is 2.41. The van der Waals surface area contributed by atoms with Gasteiger partial charge in [0.05, 0.1) is 28.1 Å². The van der Waals surface area contributed by atoms with Gasteiger partial charge in [-0.05, 0) is 18.6 Å². The van der Waals surface area contributed by atoms with Gasteiger partial charge in [0.25, 0.3) is 5.91 Å². The number of anilines is 2.